The number of aromatic nitrogens is 2. The lowest BCUT2D eigenvalue weighted by Crippen LogP contribution is -2.18. The standard InChI is InChI=1S/C14H20N4/c1-9-5-6-13(11(3)10(9)2)18(4)8-12-7-14(15)17-16-12/h5-7H,8H2,1-4H3,(H3,15,16,17). The molecule has 1 heterocycles. The first-order valence-corrected chi connectivity index (χ1v) is 6.06. The van der Waals surface area contributed by atoms with E-state index >= 15 is 0 Å². The Kier molecular flexibility index (Phi) is 3.28. The molecule has 0 spiro atoms. The van der Waals surface area contributed by atoms with Crippen LogP contribution < -0.4 is 10.6 Å². The largest absolute Gasteiger partial charge is 0.382 e. The SMILES string of the molecule is Cc1ccc(N(C)Cc2cc(N)n[nH]2)c(C)c1C. The topological polar surface area (TPSA) is 57.9 Å². The van der Waals surface area contributed by atoms with E-state index in [-0.39, 0.29) is 0 Å². The van der Waals surface area contributed by atoms with Crippen LogP contribution in [-0.2, 0) is 6.54 Å². The average molecular weight is 244 g/mol. The lowest BCUT2D eigenvalue weighted by atomic mass is 10.0. The number of aryl methyl sites for hydroxylation is 1. The summed E-state index contributed by atoms with van der Waals surface area (Å²) in [6.07, 6.45) is 0. The number of nitrogen functional groups attached to an aromatic ring is 1. The summed E-state index contributed by atoms with van der Waals surface area (Å²) >= 11 is 0. The molecule has 0 amide bonds. The second-order valence-corrected chi connectivity index (χ2v) is 4.83. The van der Waals surface area contributed by atoms with Gasteiger partial charge in [-0.3, -0.25) is 5.10 Å². The maximum atomic E-state index is 5.61. The fourth-order valence-corrected chi connectivity index (χ4v) is 2.16. The summed E-state index contributed by atoms with van der Waals surface area (Å²) in [7, 11) is 2.08. The molecule has 1 aromatic heterocycles. The molecule has 0 saturated heterocycles. The van der Waals surface area contributed by atoms with Gasteiger partial charge < -0.3 is 10.6 Å². The van der Waals surface area contributed by atoms with Gasteiger partial charge in [0.05, 0.1) is 12.2 Å². The van der Waals surface area contributed by atoms with Crippen molar-refractivity contribution in [2.75, 3.05) is 17.7 Å². The summed E-state index contributed by atoms with van der Waals surface area (Å²) in [6.45, 7) is 7.24. The minimum absolute atomic E-state index is 0.537. The third-order valence-electron chi connectivity index (χ3n) is 3.50. The normalized spacial score (nSPS) is 10.7. The predicted octanol–water partition coefficient (Wildman–Crippen LogP) is 2.55. The van der Waals surface area contributed by atoms with Crippen LogP contribution in [0.25, 0.3) is 0 Å². The Labute approximate surface area is 108 Å². The molecule has 0 aliphatic heterocycles. The lowest BCUT2D eigenvalue weighted by Gasteiger charge is -2.22. The van der Waals surface area contributed by atoms with Crippen LogP contribution in [0.2, 0.25) is 0 Å². The maximum Gasteiger partial charge on any atom is 0.145 e. The summed E-state index contributed by atoms with van der Waals surface area (Å²) in [5.74, 6) is 0.537. The molecule has 2 rings (SSSR count). The van der Waals surface area contributed by atoms with Gasteiger partial charge in [0, 0.05) is 18.8 Å². The maximum absolute atomic E-state index is 5.61. The number of rotatable bonds is 3. The van der Waals surface area contributed by atoms with E-state index < -0.39 is 0 Å². The molecule has 0 saturated carbocycles. The number of aromatic amines is 1. The van der Waals surface area contributed by atoms with E-state index in [0.29, 0.717) is 5.82 Å². The zero-order valence-corrected chi connectivity index (χ0v) is 11.4. The number of H-pyrrole nitrogens is 1. The lowest BCUT2D eigenvalue weighted by molar-refractivity contribution is 0.865. The summed E-state index contributed by atoms with van der Waals surface area (Å²) < 4.78 is 0. The van der Waals surface area contributed by atoms with Crippen molar-refractivity contribution in [2.24, 2.45) is 0 Å². The van der Waals surface area contributed by atoms with E-state index in [1.54, 1.807) is 0 Å². The Morgan fingerprint density at radius 3 is 2.56 bits per heavy atom. The molecule has 2 aromatic rings. The first kappa shape index (κ1) is 12.5. The number of hydrogen-bond donors (Lipinski definition) is 2. The molecule has 0 fully saturated rings. The van der Waals surface area contributed by atoms with Crippen LogP contribution in [0.3, 0.4) is 0 Å². The quantitative estimate of drug-likeness (QED) is 0.872. The van der Waals surface area contributed by atoms with E-state index in [0.717, 1.165) is 12.2 Å². The first-order valence-electron chi connectivity index (χ1n) is 6.06. The number of nitrogens with two attached hydrogens (primary N) is 1. The van der Waals surface area contributed by atoms with Crippen molar-refractivity contribution in [2.45, 2.75) is 27.3 Å². The van der Waals surface area contributed by atoms with E-state index in [4.69, 9.17) is 5.73 Å². The summed E-state index contributed by atoms with van der Waals surface area (Å²) in [5.41, 5.74) is 11.9. The van der Waals surface area contributed by atoms with Gasteiger partial charge >= 0.3 is 0 Å². The van der Waals surface area contributed by atoms with Gasteiger partial charge in [0.25, 0.3) is 0 Å². The zero-order valence-electron chi connectivity index (χ0n) is 11.4. The first-order chi connectivity index (χ1) is 8.49. The van der Waals surface area contributed by atoms with E-state index in [9.17, 15) is 0 Å². The van der Waals surface area contributed by atoms with Gasteiger partial charge in [-0.05, 0) is 43.5 Å². The Morgan fingerprint density at radius 1 is 1.22 bits per heavy atom. The highest BCUT2D eigenvalue weighted by molar-refractivity contribution is 5.57. The number of benzene rings is 1. The Hall–Kier alpha value is -1.97. The highest BCUT2D eigenvalue weighted by atomic mass is 15.2. The number of nitrogens with one attached hydrogen (secondary N) is 1. The average Bonchev–Trinajstić information content (AvgIpc) is 2.71. The van der Waals surface area contributed by atoms with Crippen molar-refractivity contribution in [3.05, 3.63) is 40.6 Å². The van der Waals surface area contributed by atoms with Gasteiger partial charge in [-0.15, -0.1) is 0 Å². The van der Waals surface area contributed by atoms with Gasteiger partial charge in [0.2, 0.25) is 0 Å². The van der Waals surface area contributed by atoms with E-state index in [1.165, 1.54) is 22.4 Å². The zero-order chi connectivity index (χ0) is 13.3. The van der Waals surface area contributed by atoms with Gasteiger partial charge in [0.1, 0.15) is 5.82 Å². The van der Waals surface area contributed by atoms with Crippen LogP contribution in [0.5, 0.6) is 0 Å². The van der Waals surface area contributed by atoms with Crippen LogP contribution in [0, 0.1) is 20.8 Å². The molecular formula is C14H20N4. The van der Waals surface area contributed by atoms with Crippen LogP contribution in [0.4, 0.5) is 11.5 Å². The van der Waals surface area contributed by atoms with Gasteiger partial charge in [0.15, 0.2) is 0 Å². The molecule has 3 N–H and O–H groups in total. The third-order valence-corrected chi connectivity index (χ3v) is 3.50. The molecule has 4 nitrogen and oxygen atoms in total. The molecule has 18 heavy (non-hydrogen) atoms. The van der Waals surface area contributed by atoms with Crippen LogP contribution >= 0.6 is 0 Å². The molecule has 0 unspecified atom stereocenters. The molecule has 0 atom stereocenters. The second kappa shape index (κ2) is 4.72. The molecule has 96 valence electrons. The molecule has 0 bridgehead atoms. The minimum atomic E-state index is 0.537. The fourth-order valence-electron chi connectivity index (χ4n) is 2.16. The summed E-state index contributed by atoms with van der Waals surface area (Å²) in [6, 6.07) is 6.19. The van der Waals surface area contributed by atoms with Crippen molar-refractivity contribution in [3.63, 3.8) is 0 Å². The Balaban J connectivity index is 2.24. The summed E-state index contributed by atoms with van der Waals surface area (Å²) in [5, 5.41) is 6.88. The van der Waals surface area contributed by atoms with Gasteiger partial charge in [-0.2, -0.15) is 5.10 Å². The minimum Gasteiger partial charge on any atom is -0.382 e. The van der Waals surface area contributed by atoms with Crippen molar-refractivity contribution >= 4 is 11.5 Å². The van der Waals surface area contributed by atoms with Crippen LogP contribution in [-0.4, -0.2) is 17.2 Å². The molecule has 0 radical (unpaired) electrons. The third kappa shape index (κ3) is 2.32. The van der Waals surface area contributed by atoms with Crippen molar-refractivity contribution < 1.29 is 0 Å². The predicted molar refractivity (Wildman–Crippen MR) is 75.8 cm³/mol. The molecule has 4 heteroatoms. The molecule has 0 aliphatic carbocycles. The van der Waals surface area contributed by atoms with Gasteiger partial charge in [-0.25, -0.2) is 0 Å². The fraction of sp³-hybridized carbons (Fsp3) is 0.357. The van der Waals surface area contributed by atoms with E-state index in [1.807, 2.05) is 6.07 Å². The molecular weight excluding hydrogens is 224 g/mol. The van der Waals surface area contributed by atoms with Crippen molar-refractivity contribution in [1.29, 1.82) is 0 Å². The number of anilines is 2. The Bertz CT molecular complexity index is 557. The monoisotopic (exact) mass is 244 g/mol. The second-order valence-electron chi connectivity index (χ2n) is 4.83. The highest BCUT2D eigenvalue weighted by Crippen LogP contribution is 2.25. The number of hydrogen-bond acceptors (Lipinski definition) is 3. The Morgan fingerprint density at radius 2 is 1.94 bits per heavy atom. The van der Waals surface area contributed by atoms with E-state index in [2.05, 4.69) is 55.0 Å². The van der Waals surface area contributed by atoms with Crippen LogP contribution in [0.15, 0.2) is 18.2 Å². The summed E-state index contributed by atoms with van der Waals surface area (Å²) in [4.78, 5) is 2.20. The van der Waals surface area contributed by atoms with Crippen molar-refractivity contribution in [3.8, 4) is 0 Å². The molecule has 0 aliphatic rings. The van der Waals surface area contributed by atoms with Crippen LogP contribution in [0.1, 0.15) is 22.4 Å². The highest BCUT2D eigenvalue weighted by Gasteiger charge is 2.09. The number of nitrogens with zero attached hydrogens (tertiary/aromatic N) is 2. The molecule has 1 aromatic carbocycles. The smallest absolute Gasteiger partial charge is 0.145 e. The van der Waals surface area contributed by atoms with Crippen molar-refractivity contribution in [1.82, 2.24) is 10.2 Å². The van der Waals surface area contributed by atoms with Gasteiger partial charge in [-0.1, -0.05) is 6.07 Å².